The van der Waals surface area contributed by atoms with E-state index in [4.69, 9.17) is 4.74 Å². The molecule has 0 N–H and O–H groups in total. The standard InChI is InChI=1S/C22H22N4OS/c1-3-9-19(10-4-1)21-23-24-22(26(21)20-11-5-2-6-12-20)28-18-8-7-13-25-14-16-27-17-15-25/h1-6,9-12H,13-18H2. The normalized spacial score (nSPS) is 14.4. The molecule has 142 valence electrons. The van der Waals surface area contributed by atoms with Crippen LogP contribution in [-0.2, 0) is 4.74 Å². The maximum atomic E-state index is 5.37. The summed E-state index contributed by atoms with van der Waals surface area (Å²) in [5.41, 5.74) is 2.10. The molecule has 0 bridgehead atoms. The molecule has 1 saturated heterocycles. The SMILES string of the molecule is C(#CCN1CCOCC1)CSc1nnc(-c2ccccc2)n1-c1ccccc1. The molecule has 3 aromatic rings. The van der Waals surface area contributed by atoms with E-state index in [-0.39, 0.29) is 0 Å². The van der Waals surface area contributed by atoms with Gasteiger partial charge in [-0.1, -0.05) is 72.1 Å². The van der Waals surface area contributed by atoms with Crippen LogP contribution < -0.4 is 0 Å². The minimum atomic E-state index is 0.685. The van der Waals surface area contributed by atoms with Gasteiger partial charge in [-0.2, -0.15) is 0 Å². The van der Waals surface area contributed by atoms with Gasteiger partial charge in [0.2, 0.25) is 0 Å². The molecule has 1 aliphatic heterocycles. The van der Waals surface area contributed by atoms with Crippen molar-refractivity contribution in [3.63, 3.8) is 0 Å². The summed E-state index contributed by atoms with van der Waals surface area (Å²) in [7, 11) is 0. The predicted molar refractivity (Wildman–Crippen MR) is 113 cm³/mol. The Morgan fingerprint density at radius 3 is 2.36 bits per heavy atom. The highest BCUT2D eigenvalue weighted by molar-refractivity contribution is 7.99. The van der Waals surface area contributed by atoms with E-state index < -0.39 is 0 Å². The third kappa shape index (κ3) is 4.63. The maximum Gasteiger partial charge on any atom is 0.197 e. The number of morpholine rings is 1. The molecule has 0 unspecified atom stereocenters. The zero-order chi connectivity index (χ0) is 19.0. The van der Waals surface area contributed by atoms with Gasteiger partial charge in [0.1, 0.15) is 0 Å². The molecule has 0 aliphatic carbocycles. The molecular weight excluding hydrogens is 368 g/mol. The lowest BCUT2D eigenvalue weighted by molar-refractivity contribution is 0.0443. The van der Waals surface area contributed by atoms with E-state index in [1.54, 1.807) is 11.8 Å². The van der Waals surface area contributed by atoms with Gasteiger partial charge in [-0.05, 0) is 12.1 Å². The van der Waals surface area contributed by atoms with Crippen LogP contribution >= 0.6 is 11.8 Å². The summed E-state index contributed by atoms with van der Waals surface area (Å²) in [6.07, 6.45) is 0. The molecule has 0 spiro atoms. The van der Waals surface area contributed by atoms with Crippen LogP contribution in [0.15, 0.2) is 65.8 Å². The number of ether oxygens (including phenoxy) is 1. The molecule has 0 saturated carbocycles. The van der Waals surface area contributed by atoms with Crippen molar-refractivity contribution in [1.29, 1.82) is 0 Å². The van der Waals surface area contributed by atoms with Gasteiger partial charge in [0.05, 0.1) is 25.5 Å². The Labute approximate surface area is 169 Å². The molecule has 1 fully saturated rings. The van der Waals surface area contributed by atoms with Gasteiger partial charge in [-0.3, -0.25) is 9.47 Å². The minimum absolute atomic E-state index is 0.685. The zero-order valence-electron chi connectivity index (χ0n) is 15.6. The average molecular weight is 391 g/mol. The summed E-state index contributed by atoms with van der Waals surface area (Å²) in [6.45, 7) is 4.33. The number of thioether (sulfide) groups is 1. The fraction of sp³-hybridized carbons (Fsp3) is 0.273. The lowest BCUT2D eigenvalue weighted by Crippen LogP contribution is -2.36. The van der Waals surface area contributed by atoms with Gasteiger partial charge in [0.25, 0.3) is 0 Å². The first kappa shape index (κ1) is 18.8. The number of nitrogens with zero attached hydrogens (tertiary/aromatic N) is 4. The number of rotatable bonds is 5. The van der Waals surface area contributed by atoms with Gasteiger partial charge in [-0.15, -0.1) is 10.2 Å². The maximum absolute atomic E-state index is 5.37. The van der Waals surface area contributed by atoms with Gasteiger partial charge in [0, 0.05) is 24.3 Å². The summed E-state index contributed by atoms with van der Waals surface area (Å²) >= 11 is 1.62. The topological polar surface area (TPSA) is 43.2 Å². The van der Waals surface area contributed by atoms with Gasteiger partial charge < -0.3 is 4.74 Å². The Balaban J connectivity index is 1.50. The third-order valence-electron chi connectivity index (χ3n) is 4.48. The van der Waals surface area contributed by atoms with Crippen LogP contribution in [0.1, 0.15) is 0 Å². The Morgan fingerprint density at radius 1 is 0.893 bits per heavy atom. The lowest BCUT2D eigenvalue weighted by atomic mass is 10.2. The van der Waals surface area contributed by atoms with Crippen molar-refractivity contribution in [2.24, 2.45) is 0 Å². The Kier molecular flexibility index (Phi) is 6.40. The molecule has 5 nitrogen and oxygen atoms in total. The van der Waals surface area contributed by atoms with E-state index >= 15 is 0 Å². The summed E-state index contributed by atoms with van der Waals surface area (Å²) < 4.78 is 7.47. The number of hydrogen-bond donors (Lipinski definition) is 0. The smallest absolute Gasteiger partial charge is 0.197 e. The van der Waals surface area contributed by atoms with Crippen LogP contribution in [0.3, 0.4) is 0 Å². The lowest BCUT2D eigenvalue weighted by Gasteiger charge is -2.24. The number of para-hydroxylation sites is 1. The van der Waals surface area contributed by atoms with E-state index in [9.17, 15) is 0 Å². The second-order valence-corrected chi connectivity index (χ2v) is 7.32. The van der Waals surface area contributed by atoms with Crippen molar-refractivity contribution in [3.05, 3.63) is 60.7 Å². The second kappa shape index (κ2) is 9.56. The molecule has 6 heteroatoms. The first-order valence-corrected chi connectivity index (χ1v) is 10.4. The van der Waals surface area contributed by atoms with E-state index in [0.717, 1.165) is 55.1 Å². The minimum Gasteiger partial charge on any atom is -0.379 e. The summed E-state index contributed by atoms with van der Waals surface area (Å²) in [5, 5.41) is 9.75. The fourth-order valence-electron chi connectivity index (χ4n) is 3.03. The highest BCUT2D eigenvalue weighted by Gasteiger charge is 2.15. The molecule has 4 rings (SSSR count). The molecule has 0 amide bonds. The quantitative estimate of drug-likeness (QED) is 0.494. The van der Waals surface area contributed by atoms with Gasteiger partial charge >= 0.3 is 0 Å². The Bertz CT molecular complexity index is 941. The van der Waals surface area contributed by atoms with E-state index in [2.05, 4.69) is 55.8 Å². The van der Waals surface area contributed by atoms with E-state index in [1.165, 1.54) is 0 Å². The third-order valence-corrected chi connectivity index (χ3v) is 5.30. The molecule has 28 heavy (non-hydrogen) atoms. The molecular formula is C22H22N4OS. The molecule has 2 aromatic carbocycles. The van der Waals surface area contributed by atoms with Crippen LogP contribution in [0.4, 0.5) is 0 Å². The molecule has 0 radical (unpaired) electrons. The monoisotopic (exact) mass is 390 g/mol. The highest BCUT2D eigenvalue weighted by Crippen LogP contribution is 2.27. The van der Waals surface area contributed by atoms with Crippen molar-refractivity contribution in [2.45, 2.75) is 5.16 Å². The number of benzene rings is 2. The van der Waals surface area contributed by atoms with Crippen LogP contribution in [0, 0.1) is 11.8 Å². The van der Waals surface area contributed by atoms with Crippen molar-refractivity contribution in [2.75, 3.05) is 38.6 Å². The Morgan fingerprint density at radius 2 is 1.61 bits per heavy atom. The predicted octanol–water partition coefficient (Wildman–Crippen LogP) is 3.36. The summed E-state index contributed by atoms with van der Waals surface area (Å²) in [5.74, 6) is 8.05. The molecule has 1 aliphatic rings. The number of hydrogen-bond acceptors (Lipinski definition) is 5. The largest absolute Gasteiger partial charge is 0.379 e. The van der Waals surface area contributed by atoms with Gasteiger partial charge in [-0.25, -0.2) is 0 Å². The van der Waals surface area contributed by atoms with Crippen LogP contribution in [0.2, 0.25) is 0 Å². The zero-order valence-corrected chi connectivity index (χ0v) is 16.4. The summed E-state index contributed by atoms with van der Waals surface area (Å²) in [6, 6.07) is 20.4. The van der Waals surface area contributed by atoms with Gasteiger partial charge in [0.15, 0.2) is 11.0 Å². The summed E-state index contributed by atoms with van der Waals surface area (Å²) in [4.78, 5) is 2.32. The van der Waals surface area contributed by atoms with Crippen molar-refractivity contribution < 1.29 is 4.74 Å². The van der Waals surface area contributed by atoms with E-state index in [1.807, 2.05) is 36.4 Å². The van der Waals surface area contributed by atoms with Crippen molar-refractivity contribution >= 4 is 11.8 Å². The van der Waals surface area contributed by atoms with Crippen LogP contribution in [0.25, 0.3) is 17.1 Å². The second-order valence-electron chi connectivity index (χ2n) is 6.37. The highest BCUT2D eigenvalue weighted by atomic mass is 32.2. The first-order valence-electron chi connectivity index (χ1n) is 9.37. The molecule has 1 aromatic heterocycles. The number of aromatic nitrogens is 3. The average Bonchev–Trinajstić information content (AvgIpc) is 3.19. The first-order chi connectivity index (χ1) is 13.9. The fourth-order valence-corrected chi connectivity index (χ4v) is 3.75. The van der Waals surface area contributed by atoms with Crippen LogP contribution in [-0.4, -0.2) is 58.3 Å². The molecule has 2 heterocycles. The van der Waals surface area contributed by atoms with E-state index in [0.29, 0.717) is 5.75 Å². The van der Waals surface area contributed by atoms with Crippen LogP contribution in [0.5, 0.6) is 0 Å². The van der Waals surface area contributed by atoms with Crippen molar-refractivity contribution in [1.82, 2.24) is 19.7 Å². The van der Waals surface area contributed by atoms with Crippen molar-refractivity contribution in [3.8, 4) is 28.9 Å². The molecule has 0 atom stereocenters. The Hall–Kier alpha value is -2.59.